The number of nitrogens with zero attached hydrogens (tertiary/aromatic N) is 2. The van der Waals surface area contributed by atoms with E-state index >= 15 is 0 Å². The number of hydrogen-bond acceptors (Lipinski definition) is 3. The van der Waals surface area contributed by atoms with Crippen molar-refractivity contribution in [2.45, 2.75) is 26.0 Å². The molecule has 21 heavy (non-hydrogen) atoms. The van der Waals surface area contributed by atoms with E-state index < -0.39 is 6.10 Å². The smallest absolute Gasteiger partial charge is 0.107 e. The summed E-state index contributed by atoms with van der Waals surface area (Å²) in [7, 11) is 0. The van der Waals surface area contributed by atoms with Crippen molar-refractivity contribution in [2.24, 2.45) is 0 Å². The molecule has 110 valence electrons. The van der Waals surface area contributed by atoms with E-state index in [1.807, 2.05) is 28.9 Å². The SMILES string of the molecule is CCn1nc(CC(O)c2cc(Br)c(Cl)s2)c2ccccc21. The predicted octanol–water partition coefficient (Wildman–Crippen LogP) is 4.81. The molecule has 0 saturated heterocycles. The highest BCUT2D eigenvalue weighted by atomic mass is 79.9. The number of aliphatic hydroxyl groups excluding tert-OH is 1. The van der Waals surface area contributed by atoms with Gasteiger partial charge >= 0.3 is 0 Å². The summed E-state index contributed by atoms with van der Waals surface area (Å²) in [6.45, 7) is 2.88. The first-order chi connectivity index (χ1) is 10.1. The highest BCUT2D eigenvalue weighted by Gasteiger charge is 2.18. The van der Waals surface area contributed by atoms with E-state index in [0.717, 1.165) is 32.5 Å². The molecular formula is C15H14BrClN2OS. The van der Waals surface area contributed by atoms with Crippen molar-refractivity contribution in [3.8, 4) is 0 Å². The van der Waals surface area contributed by atoms with Crippen LogP contribution < -0.4 is 0 Å². The van der Waals surface area contributed by atoms with E-state index in [4.69, 9.17) is 11.6 Å². The number of para-hydroxylation sites is 1. The van der Waals surface area contributed by atoms with Gasteiger partial charge in [0.25, 0.3) is 0 Å². The average molecular weight is 386 g/mol. The van der Waals surface area contributed by atoms with Gasteiger partial charge in [0, 0.05) is 27.7 Å². The van der Waals surface area contributed by atoms with Crippen molar-refractivity contribution in [2.75, 3.05) is 0 Å². The number of thiophene rings is 1. The molecule has 2 aromatic heterocycles. The van der Waals surface area contributed by atoms with Crippen molar-refractivity contribution in [1.82, 2.24) is 9.78 Å². The highest BCUT2D eigenvalue weighted by molar-refractivity contribution is 9.10. The van der Waals surface area contributed by atoms with Crippen molar-refractivity contribution in [3.05, 3.63) is 49.7 Å². The molecule has 1 atom stereocenters. The Bertz CT molecular complexity index is 764. The Morgan fingerprint density at radius 1 is 1.43 bits per heavy atom. The lowest BCUT2D eigenvalue weighted by Crippen LogP contribution is -2.02. The monoisotopic (exact) mass is 384 g/mol. The minimum atomic E-state index is -0.595. The number of aryl methyl sites for hydroxylation is 1. The fourth-order valence-electron chi connectivity index (χ4n) is 2.40. The number of hydrogen-bond donors (Lipinski definition) is 1. The fourth-order valence-corrected chi connectivity index (χ4v) is 4.12. The van der Waals surface area contributed by atoms with Crippen molar-refractivity contribution < 1.29 is 5.11 Å². The second kappa shape index (κ2) is 6.08. The quantitative estimate of drug-likeness (QED) is 0.700. The van der Waals surface area contributed by atoms with Crippen LogP contribution in [0.1, 0.15) is 23.6 Å². The number of aliphatic hydroxyl groups is 1. The van der Waals surface area contributed by atoms with E-state index in [0.29, 0.717) is 10.8 Å². The van der Waals surface area contributed by atoms with Crippen LogP contribution in [0.15, 0.2) is 34.8 Å². The molecule has 1 aromatic carbocycles. The molecule has 0 radical (unpaired) electrons. The summed E-state index contributed by atoms with van der Waals surface area (Å²) in [4.78, 5) is 0.849. The Labute approximate surface area is 140 Å². The van der Waals surface area contributed by atoms with Crippen LogP contribution in [0.5, 0.6) is 0 Å². The van der Waals surface area contributed by atoms with Crippen LogP contribution in [0.4, 0.5) is 0 Å². The van der Waals surface area contributed by atoms with E-state index in [9.17, 15) is 5.11 Å². The van der Waals surface area contributed by atoms with Crippen LogP contribution in [0, 0.1) is 0 Å². The first kappa shape index (κ1) is 15.0. The second-order valence-electron chi connectivity index (χ2n) is 4.77. The van der Waals surface area contributed by atoms with Gasteiger partial charge in [-0.1, -0.05) is 29.8 Å². The number of fused-ring (bicyclic) bond motifs is 1. The summed E-state index contributed by atoms with van der Waals surface area (Å²) in [5.41, 5.74) is 2.02. The maximum absolute atomic E-state index is 10.4. The van der Waals surface area contributed by atoms with E-state index in [2.05, 4.69) is 34.0 Å². The Morgan fingerprint density at radius 2 is 2.19 bits per heavy atom. The molecule has 3 nitrogen and oxygen atoms in total. The summed E-state index contributed by atoms with van der Waals surface area (Å²) in [5.74, 6) is 0. The van der Waals surface area contributed by atoms with Crippen LogP contribution in [-0.2, 0) is 13.0 Å². The summed E-state index contributed by atoms with van der Waals surface area (Å²) in [5, 5.41) is 16.2. The third-order valence-corrected chi connectivity index (χ3v) is 5.99. The van der Waals surface area contributed by atoms with Crippen molar-refractivity contribution >= 4 is 49.8 Å². The Morgan fingerprint density at radius 3 is 2.86 bits per heavy atom. The van der Waals surface area contributed by atoms with E-state index in [-0.39, 0.29) is 0 Å². The van der Waals surface area contributed by atoms with Gasteiger partial charge in [-0.05, 0) is 35.0 Å². The molecule has 2 heterocycles. The summed E-state index contributed by atoms with van der Waals surface area (Å²) in [6.07, 6.45) is -0.112. The van der Waals surface area contributed by atoms with Gasteiger partial charge in [-0.2, -0.15) is 5.10 Å². The minimum Gasteiger partial charge on any atom is -0.387 e. The van der Waals surface area contributed by atoms with Crippen LogP contribution in [0.3, 0.4) is 0 Å². The molecule has 0 saturated carbocycles. The normalized spacial score (nSPS) is 13.0. The van der Waals surface area contributed by atoms with Crippen LogP contribution in [0.2, 0.25) is 4.34 Å². The predicted molar refractivity (Wildman–Crippen MR) is 91.1 cm³/mol. The van der Waals surface area contributed by atoms with Gasteiger partial charge in [0.1, 0.15) is 4.34 Å². The maximum Gasteiger partial charge on any atom is 0.107 e. The molecule has 1 unspecified atom stereocenters. The first-order valence-corrected chi connectivity index (χ1v) is 8.66. The van der Waals surface area contributed by atoms with Crippen molar-refractivity contribution in [3.63, 3.8) is 0 Å². The molecule has 0 aliphatic heterocycles. The molecule has 0 bridgehead atoms. The van der Waals surface area contributed by atoms with Crippen LogP contribution in [0.25, 0.3) is 10.9 Å². The Kier molecular flexibility index (Phi) is 4.36. The summed E-state index contributed by atoms with van der Waals surface area (Å²) in [6, 6.07) is 9.98. The van der Waals surface area contributed by atoms with Crippen molar-refractivity contribution in [1.29, 1.82) is 0 Å². The minimum absolute atomic E-state index is 0.483. The molecule has 0 aliphatic rings. The Hall–Kier alpha value is -0.880. The summed E-state index contributed by atoms with van der Waals surface area (Å²) < 4.78 is 3.45. The standard InChI is InChI=1S/C15H14BrClN2OS/c1-2-19-12-6-4-3-5-9(12)11(18-19)8-13(20)14-7-10(16)15(17)21-14/h3-7,13,20H,2,8H2,1H3. The zero-order valence-electron chi connectivity index (χ0n) is 11.4. The lowest BCUT2D eigenvalue weighted by atomic mass is 10.1. The van der Waals surface area contributed by atoms with Gasteiger partial charge in [-0.3, -0.25) is 4.68 Å². The summed E-state index contributed by atoms with van der Waals surface area (Å²) >= 11 is 10.8. The number of halogens is 2. The van der Waals surface area contributed by atoms with E-state index in [1.54, 1.807) is 0 Å². The Balaban J connectivity index is 1.94. The zero-order valence-corrected chi connectivity index (χ0v) is 14.5. The van der Waals surface area contributed by atoms with Gasteiger partial charge in [0.05, 0.1) is 17.3 Å². The largest absolute Gasteiger partial charge is 0.387 e. The topological polar surface area (TPSA) is 38.0 Å². The lowest BCUT2D eigenvalue weighted by molar-refractivity contribution is 0.181. The molecule has 1 N–H and O–H groups in total. The maximum atomic E-state index is 10.4. The molecule has 0 amide bonds. The molecule has 0 aliphatic carbocycles. The van der Waals surface area contributed by atoms with Crippen LogP contribution in [-0.4, -0.2) is 14.9 Å². The lowest BCUT2D eigenvalue weighted by Gasteiger charge is -2.06. The molecule has 3 aromatic rings. The molecule has 3 rings (SSSR count). The van der Waals surface area contributed by atoms with Crippen LogP contribution >= 0.6 is 38.9 Å². The third-order valence-electron chi connectivity index (χ3n) is 3.41. The van der Waals surface area contributed by atoms with Gasteiger partial charge in [-0.15, -0.1) is 11.3 Å². The second-order valence-corrected chi connectivity index (χ2v) is 7.31. The number of rotatable bonds is 4. The third kappa shape index (κ3) is 2.88. The highest BCUT2D eigenvalue weighted by Crippen LogP contribution is 2.36. The molecular weight excluding hydrogens is 372 g/mol. The zero-order chi connectivity index (χ0) is 15.0. The fraction of sp³-hybridized carbons (Fsp3) is 0.267. The van der Waals surface area contributed by atoms with Gasteiger partial charge < -0.3 is 5.11 Å². The number of aromatic nitrogens is 2. The van der Waals surface area contributed by atoms with E-state index in [1.165, 1.54) is 11.3 Å². The average Bonchev–Trinajstić information content (AvgIpc) is 3.01. The number of benzene rings is 1. The van der Waals surface area contributed by atoms with Gasteiger partial charge in [0.2, 0.25) is 0 Å². The molecule has 6 heteroatoms. The van der Waals surface area contributed by atoms with Gasteiger partial charge in [0.15, 0.2) is 0 Å². The molecule has 0 fully saturated rings. The molecule has 0 spiro atoms. The van der Waals surface area contributed by atoms with Gasteiger partial charge in [-0.25, -0.2) is 0 Å². The first-order valence-electron chi connectivity index (χ1n) is 6.67.